The number of nitrogens with zero attached hydrogens (tertiary/aromatic N) is 4. The van der Waals surface area contributed by atoms with E-state index in [1.54, 1.807) is 12.1 Å². The van der Waals surface area contributed by atoms with Crippen molar-refractivity contribution in [1.82, 2.24) is 10.9 Å². The van der Waals surface area contributed by atoms with Crippen LogP contribution < -0.4 is 21.7 Å². The summed E-state index contributed by atoms with van der Waals surface area (Å²) in [7, 11) is 0. The van der Waals surface area contributed by atoms with Crippen LogP contribution in [0.1, 0.15) is 20.7 Å². The number of carbonyl (C=O) groups excluding carboxylic acids is 2. The highest BCUT2D eigenvalue weighted by molar-refractivity contribution is 6.06. The predicted molar refractivity (Wildman–Crippen MR) is 154 cm³/mol. The zero-order valence-electron chi connectivity index (χ0n) is 22.0. The molecule has 0 fully saturated rings. The van der Waals surface area contributed by atoms with Crippen molar-refractivity contribution < 1.29 is 29.3 Å². The monoisotopic (exact) mass is 602 g/mol. The molecule has 0 atom stereocenters. The van der Waals surface area contributed by atoms with Crippen LogP contribution >= 0.6 is 0 Å². The van der Waals surface area contributed by atoms with E-state index in [2.05, 4.69) is 21.7 Å². The van der Waals surface area contributed by atoms with Crippen LogP contribution in [0.25, 0.3) is 11.1 Å². The van der Waals surface area contributed by atoms with Crippen molar-refractivity contribution in [2.75, 3.05) is 10.9 Å². The van der Waals surface area contributed by atoms with E-state index < -0.39 is 54.3 Å². The Morgan fingerprint density at radius 3 is 1.20 bits per heavy atom. The minimum absolute atomic E-state index is 0.0313. The Kier molecular flexibility index (Phi) is 8.64. The van der Waals surface area contributed by atoms with E-state index in [0.717, 1.165) is 36.4 Å². The minimum Gasteiger partial charge on any atom is -0.292 e. The first-order chi connectivity index (χ1) is 21.0. The number of hydrogen-bond acceptors (Lipinski definition) is 12. The molecule has 4 aromatic rings. The molecule has 0 spiro atoms. The second-order valence-electron chi connectivity index (χ2n) is 8.68. The first kappa shape index (κ1) is 30.0. The number of amides is 2. The number of hydrogen-bond donors (Lipinski definition) is 4. The van der Waals surface area contributed by atoms with E-state index >= 15 is 0 Å². The minimum atomic E-state index is -0.858. The average molecular weight is 602 g/mol. The SMILES string of the molecule is O=C(NNc1ccc([N+](=O)[O-])cc1[N+](=O)[O-])c1ccccc1-c1ccccc1C(=O)NNc1ccc([N+](=O)[O-])cc1[N+](=O)[O-]. The Labute approximate surface area is 244 Å². The molecule has 0 saturated carbocycles. The summed E-state index contributed by atoms with van der Waals surface area (Å²) in [6, 6.07) is 17.8. The Hall–Kier alpha value is -6.98. The molecular weight excluding hydrogens is 584 g/mol. The highest BCUT2D eigenvalue weighted by atomic mass is 16.6. The van der Waals surface area contributed by atoms with Crippen LogP contribution in [0.15, 0.2) is 84.9 Å². The van der Waals surface area contributed by atoms with E-state index in [9.17, 15) is 50.0 Å². The van der Waals surface area contributed by atoms with Crippen LogP contribution in [0.2, 0.25) is 0 Å². The van der Waals surface area contributed by atoms with Crippen molar-refractivity contribution in [3.05, 3.63) is 137 Å². The molecule has 0 aromatic heterocycles. The molecule has 0 bridgehead atoms. The van der Waals surface area contributed by atoms with E-state index in [-0.39, 0.29) is 33.6 Å². The van der Waals surface area contributed by atoms with Crippen LogP contribution in [0.5, 0.6) is 0 Å². The summed E-state index contributed by atoms with van der Waals surface area (Å²) in [6.07, 6.45) is 0. The molecule has 0 heterocycles. The van der Waals surface area contributed by atoms with Gasteiger partial charge >= 0.3 is 11.4 Å². The second-order valence-corrected chi connectivity index (χ2v) is 8.68. The number of nitro groups is 4. The molecule has 2 amide bonds. The van der Waals surface area contributed by atoms with E-state index in [0.29, 0.717) is 0 Å². The normalized spacial score (nSPS) is 10.3. The molecule has 4 rings (SSSR count). The average Bonchev–Trinajstić information content (AvgIpc) is 3.02. The van der Waals surface area contributed by atoms with Crippen molar-refractivity contribution in [3.63, 3.8) is 0 Å². The van der Waals surface area contributed by atoms with Gasteiger partial charge in [0.15, 0.2) is 0 Å². The van der Waals surface area contributed by atoms with Gasteiger partial charge in [-0.1, -0.05) is 36.4 Å². The number of benzene rings is 4. The number of non-ortho nitro benzene ring substituents is 2. The van der Waals surface area contributed by atoms with Gasteiger partial charge < -0.3 is 0 Å². The van der Waals surface area contributed by atoms with Crippen molar-refractivity contribution in [2.45, 2.75) is 0 Å². The fourth-order valence-electron chi connectivity index (χ4n) is 4.00. The van der Waals surface area contributed by atoms with Gasteiger partial charge in [-0.15, -0.1) is 0 Å². The van der Waals surface area contributed by atoms with Gasteiger partial charge in [-0.2, -0.15) is 0 Å². The molecule has 4 N–H and O–H groups in total. The number of hydrazine groups is 2. The molecule has 0 radical (unpaired) electrons. The summed E-state index contributed by atoms with van der Waals surface area (Å²) < 4.78 is 0. The van der Waals surface area contributed by atoms with Gasteiger partial charge in [-0.25, -0.2) is 0 Å². The largest absolute Gasteiger partial charge is 0.300 e. The molecule has 4 aromatic carbocycles. The summed E-state index contributed by atoms with van der Waals surface area (Å²) in [5.41, 5.74) is 7.17. The Morgan fingerprint density at radius 2 is 0.864 bits per heavy atom. The molecule has 0 unspecified atom stereocenters. The van der Waals surface area contributed by atoms with E-state index in [1.807, 2.05) is 0 Å². The van der Waals surface area contributed by atoms with Gasteiger partial charge in [-0.05, 0) is 35.4 Å². The maximum Gasteiger partial charge on any atom is 0.300 e. The summed E-state index contributed by atoms with van der Waals surface area (Å²) in [5.74, 6) is -1.55. The summed E-state index contributed by atoms with van der Waals surface area (Å²) in [5, 5.41) is 44.8. The lowest BCUT2D eigenvalue weighted by Crippen LogP contribution is -2.31. The van der Waals surface area contributed by atoms with E-state index in [4.69, 9.17) is 0 Å². The summed E-state index contributed by atoms with van der Waals surface area (Å²) in [4.78, 5) is 67.8. The van der Waals surface area contributed by atoms with Crippen LogP contribution in [-0.4, -0.2) is 31.5 Å². The third kappa shape index (κ3) is 6.49. The molecule has 0 aliphatic heterocycles. The summed E-state index contributed by atoms with van der Waals surface area (Å²) in [6.45, 7) is 0. The molecule has 0 saturated heterocycles. The molecule has 18 heteroatoms. The number of carbonyl (C=O) groups is 2. The Bertz CT molecular complexity index is 1710. The lowest BCUT2D eigenvalue weighted by atomic mass is 9.95. The first-order valence-corrected chi connectivity index (χ1v) is 12.1. The van der Waals surface area contributed by atoms with Crippen molar-refractivity contribution in [1.29, 1.82) is 0 Å². The molecule has 18 nitrogen and oxygen atoms in total. The van der Waals surface area contributed by atoms with Crippen LogP contribution in [0, 0.1) is 40.5 Å². The molecule has 0 aliphatic carbocycles. The number of rotatable bonds is 11. The van der Waals surface area contributed by atoms with Gasteiger partial charge in [0.1, 0.15) is 11.4 Å². The van der Waals surface area contributed by atoms with Crippen LogP contribution in [0.4, 0.5) is 34.1 Å². The number of nitrogens with one attached hydrogen (secondary N) is 4. The van der Waals surface area contributed by atoms with Gasteiger partial charge in [0.05, 0.1) is 31.8 Å². The third-order valence-corrected chi connectivity index (χ3v) is 6.03. The third-order valence-electron chi connectivity index (χ3n) is 6.03. The van der Waals surface area contributed by atoms with Crippen LogP contribution in [-0.2, 0) is 0 Å². The zero-order valence-corrected chi connectivity index (χ0v) is 22.0. The van der Waals surface area contributed by atoms with Crippen molar-refractivity contribution in [2.24, 2.45) is 0 Å². The molecule has 0 aliphatic rings. The van der Waals surface area contributed by atoms with Crippen LogP contribution in [0.3, 0.4) is 0 Å². The van der Waals surface area contributed by atoms with Crippen molar-refractivity contribution >= 4 is 45.9 Å². The smallest absolute Gasteiger partial charge is 0.292 e. The van der Waals surface area contributed by atoms with Gasteiger partial charge in [-0.3, -0.25) is 71.7 Å². The fourth-order valence-corrected chi connectivity index (χ4v) is 4.00. The molecular formula is C26H18N8O10. The van der Waals surface area contributed by atoms with Gasteiger partial charge in [0.2, 0.25) is 0 Å². The zero-order chi connectivity index (χ0) is 32.0. The fraction of sp³-hybridized carbons (Fsp3) is 0. The quantitative estimate of drug-likeness (QED) is 0.137. The summed E-state index contributed by atoms with van der Waals surface area (Å²) >= 11 is 0. The predicted octanol–water partition coefficient (Wildman–Crippen LogP) is 4.50. The lowest BCUT2D eigenvalue weighted by molar-refractivity contribution is -0.393. The molecule has 44 heavy (non-hydrogen) atoms. The topological polar surface area (TPSA) is 255 Å². The number of anilines is 2. The molecule has 222 valence electrons. The van der Waals surface area contributed by atoms with E-state index in [1.165, 1.54) is 36.4 Å². The van der Waals surface area contributed by atoms with Gasteiger partial charge in [0.25, 0.3) is 23.2 Å². The lowest BCUT2D eigenvalue weighted by Gasteiger charge is -2.15. The number of nitro benzene ring substituents is 4. The maximum absolute atomic E-state index is 13.2. The Balaban J connectivity index is 1.58. The van der Waals surface area contributed by atoms with Gasteiger partial charge in [0, 0.05) is 23.3 Å². The highest BCUT2D eigenvalue weighted by Gasteiger charge is 2.23. The van der Waals surface area contributed by atoms with Crippen molar-refractivity contribution in [3.8, 4) is 11.1 Å². The second kappa shape index (κ2) is 12.7. The Morgan fingerprint density at radius 1 is 0.500 bits per heavy atom. The first-order valence-electron chi connectivity index (χ1n) is 12.1. The standard InChI is InChI=1S/C26H18N8O10/c35-25(29-27-21-11-9-15(31(37)38)13-23(21)33(41)42)19-7-3-1-5-17(19)18-6-2-4-8-20(18)26(36)30-28-22-12-10-16(32(39)40)14-24(22)34(43)44/h1-14,27-28H,(H,29,35)(H,30,36). The highest BCUT2D eigenvalue weighted by Crippen LogP contribution is 2.31. The maximum atomic E-state index is 13.2.